The van der Waals surface area contributed by atoms with E-state index < -0.39 is 0 Å². The first kappa shape index (κ1) is 12.5. The molecule has 0 aromatic carbocycles. The molecule has 3 nitrogen and oxygen atoms in total. The van der Waals surface area contributed by atoms with Gasteiger partial charge in [-0.1, -0.05) is 13.3 Å². The van der Waals surface area contributed by atoms with Gasteiger partial charge in [-0.15, -0.1) is 0 Å². The lowest BCUT2D eigenvalue weighted by Gasteiger charge is -2.34. The number of nitrogens with one attached hydrogen (secondary N) is 1. The Morgan fingerprint density at radius 1 is 1.53 bits per heavy atom. The van der Waals surface area contributed by atoms with E-state index in [0.29, 0.717) is 0 Å². The van der Waals surface area contributed by atoms with Gasteiger partial charge >= 0.3 is 0 Å². The van der Waals surface area contributed by atoms with Crippen LogP contribution in [0.4, 0.5) is 0 Å². The number of carbonyl (C=O) groups is 1. The van der Waals surface area contributed by atoms with Crippen molar-refractivity contribution in [3.63, 3.8) is 0 Å². The van der Waals surface area contributed by atoms with E-state index in [-0.39, 0.29) is 17.5 Å². The molecule has 0 bridgehead atoms. The van der Waals surface area contributed by atoms with Crippen LogP contribution < -0.4 is 5.32 Å². The number of rotatable bonds is 4. The largest absolute Gasteiger partial charge is 0.342 e. The van der Waals surface area contributed by atoms with Gasteiger partial charge in [0.05, 0.1) is 5.54 Å². The normalized spacial score (nSPS) is 25.9. The van der Waals surface area contributed by atoms with Gasteiger partial charge in [0, 0.05) is 13.1 Å². The summed E-state index contributed by atoms with van der Waals surface area (Å²) in [6, 6.07) is 0.286. The molecule has 0 aromatic rings. The smallest absolute Gasteiger partial charge is 0.242 e. The van der Waals surface area contributed by atoms with Crippen LogP contribution >= 0.6 is 0 Å². The molecule has 0 aliphatic carbocycles. The van der Waals surface area contributed by atoms with Crippen LogP contribution in [-0.4, -0.2) is 36.0 Å². The summed E-state index contributed by atoms with van der Waals surface area (Å²) < 4.78 is 0. The summed E-state index contributed by atoms with van der Waals surface area (Å²) in [5.74, 6) is 0.275. The standard InChI is InChI=1S/C12H24N2O/c1-5-7-12(8-6-9-13-12)11(15)14(4)10(2)3/h10,13H,5-9H2,1-4H3. The third-order valence-electron chi connectivity index (χ3n) is 3.42. The maximum atomic E-state index is 12.4. The van der Waals surface area contributed by atoms with Crippen LogP contribution in [-0.2, 0) is 4.79 Å². The van der Waals surface area contributed by atoms with E-state index >= 15 is 0 Å². The van der Waals surface area contributed by atoms with Crippen molar-refractivity contribution in [2.75, 3.05) is 13.6 Å². The number of carbonyl (C=O) groups excluding carboxylic acids is 1. The summed E-state index contributed by atoms with van der Waals surface area (Å²) >= 11 is 0. The van der Waals surface area contributed by atoms with Crippen molar-refractivity contribution in [1.82, 2.24) is 10.2 Å². The topological polar surface area (TPSA) is 32.3 Å². The van der Waals surface area contributed by atoms with Gasteiger partial charge in [0.1, 0.15) is 0 Å². The highest BCUT2D eigenvalue weighted by atomic mass is 16.2. The third kappa shape index (κ3) is 2.51. The molecule has 1 fully saturated rings. The van der Waals surface area contributed by atoms with E-state index in [1.807, 2.05) is 11.9 Å². The van der Waals surface area contributed by atoms with Gasteiger partial charge in [0.15, 0.2) is 0 Å². The third-order valence-corrected chi connectivity index (χ3v) is 3.42. The van der Waals surface area contributed by atoms with Gasteiger partial charge in [-0.2, -0.15) is 0 Å². The van der Waals surface area contributed by atoms with Crippen molar-refractivity contribution in [3.8, 4) is 0 Å². The van der Waals surface area contributed by atoms with Crippen LogP contribution in [0.5, 0.6) is 0 Å². The molecule has 1 aliphatic heterocycles. The zero-order valence-corrected chi connectivity index (χ0v) is 10.5. The molecule has 88 valence electrons. The van der Waals surface area contributed by atoms with E-state index in [9.17, 15) is 4.79 Å². The fraction of sp³-hybridized carbons (Fsp3) is 0.917. The highest BCUT2D eigenvalue weighted by molar-refractivity contribution is 5.86. The number of likely N-dealkylation sites (N-methyl/N-ethyl adjacent to an activating group) is 1. The summed E-state index contributed by atoms with van der Waals surface area (Å²) in [4.78, 5) is 14.2. The van der Waals surface area contributed by atoms with Crippen LogP contribution in [0.2, 0.25) is 0 Å². The fourth-order valence-electron chi connectivity index (χ4n) is 2.31. The zero-order chi connectivity index (χ0) is 11.5. The molecule has 0 spiro atoms. The Hall–Kier alpha value is -0.570. The highest BCUT2D eigenvalue weighted by Gasteiger charge is 2.41. The molecule has 1 unspecified atom stereocenters. The zero-order valence-electron chi connectivity index (χ0n) is 10.5. The van der Waals surface area contributed by atoms with Gasteiger partial charge in [0.25, 0.3) is 0 Å². The first-order valence-electron chi connectivity index (χ1n) is 6.06. The van der Waals surface area contributed by atoms with Gasteiger partial charge < -0.3 is 10.2 Å². The van der Waals surface area contributed by atoms with Gasteiger partial charge in [-0.25, -0.2) is 0 Å². The number of hydrogen-bond acceptors (Lipinski definition) is 2. The molecule has 0 aromatic heterocycles. The molecule has 0 saturated carbocycles. The van der Waals surface area contributed by atoms with Crippen LogP contribution in [0.25, 0.3) is 0 Å². The SMILES string of the molecule is CCCC1(C(=O)N(C)C(C)C)CCCN1. The van der Waals surface area contributed by atoms with Gasteiger partial charge in [-0.3, -0.25) is 4.79 Å². The minimum atomic E-state index is -0.256. The van der Waals surface area contributed by atoms with Crippen molar-refractivity contribution < 1.29 is 4.79 Å². The quantitative estimate of drug-likeness (QED) is 0.770. The van der Waals surface area contributed by atoms with E-state index in [1.165, 1.54) is 0 Å². The molecule has 1 saturated heterocycles. The molecule has 0 radical (unpaired) electrons. The van der Waals surface area contributed by atoms with E-state index in [2.05, 4.69) is 26.1 Å². The van der Waals surface area contributed by atoms with Gasteiger partial charge in [0.2, 0.25) is 5.91 Å². The second-order valence-electron chi connectivity index (χ2n) is 4.87. The molecule has 1 rings (SSSR count). The van der Waals surface area contributed by atoms with Crippen LogP contribution in [0, 0.1) is 0 Å². The lowest BCUT2D eigenvalue weighted by Crippen LogP contribution is -2.55. The van der Waals surface area contributed by atoms with Gasteiger partial charge in [-0.05, 0) is 39.7 Å². The molecule has 1 amide bonds. The Kier molecular flexibility index (Phi) is 4.14. The summed E-state index contributed by atoms with van der Waals surface area (Å²) in [7, 11) is 1.91. The molecule has 3 heteroatoms. The Morgan fingerprint density at radius 3 is 2.60 bits per heavy atom. The summed E-state index contributed by atoms with van der Waals surface area (Å²) in [5.41, 5.74) is -0.256. The van der Waals surface area contributed by atoms with E-state index in [1.54, 1.807) is 0 Å². The molecule has 15 heavy (non-hydrogen) atoms. The second-order valence-corrected chi connectivity index (χ2v) is 4.87. The van der Waals surface area contributed by atoms with Crippen molar-refractivity contribution in [2.24, 2.45) is 0 Å². The maximum Gasteiger partial charge on any atom is 0.242 e. The van der Waals surface area contributed by atoms with Crippen LogP contribution in [0.15, 0.2) is 0 Å². The average Bonchev–Trinajstić information content (AvgIpc) is 2.66. The van der Waals surface area contributed by atoms with E-state index in [0.717, 1.165) is 32.2 Å². The Morgan fingerprint density at radius 2 is 2.20 bits per heavy atom. The van der Waals surface area contributed by atoms with Crippen molar-refractivity contribution in [3.05, 3.63) is 0 Å². The van der Waals surface area contributed by atoms with Crippen molar-refractivity contribution in [1.29, 1.82) is 0 Å². The summed E-state index contributed by atoms with van der Waals surface area (Å²) in [6.07, 6.45) is 4.14. The fourth-order valence-corrected chi connectivity index (χ4v) is 2.31. The molecule has 1 atom stereocenters. The van der Waals surface area contributed by atoms with Crippen LogP contribution in [0.1, 0.15) is 46.5 Å². The minimum absolute atomic E-state index is 0.256. The van der Waals surface area contributed by atoms with Crippen molar-refractivity contribution in [2.45, 2.75) is 58.0 Å². The Labute approximate surface area is 93.2 Å². The Balaban J connectivity index is 2.75. The second kappa shape index (κ2) is 4.97. The number of hydrogen-bond donors (Lipinski definition) is 1. The summed E-state index contributed by atoms with van der Waals surface area (Å²) in [6.45, 7) is 7.25. The Bertz CT molecular complexity index is 220. The highest BCUT2D eigenvalue weighted by Crippen LogP contribution is 2.27. The molecule has 1 heterocycles. The van der Waals surface area contributed by atoms with E-state index in [4.69, 9.17) is 0 Å². The van der Waals surface area contributed by atoms with Crippen LogP contribution in [0.3, 0.4) is 0 Å². The van der Waals surface area contributed by atoms with Crippen molar-refractivity contribution >= 4 is 5.91 Å². The first-order valence-corrected chi connectivity index (χ1v) is 6.06. The molecular formula is C12H24N2O. The monoisotopic (exact) mass is 212 g/mol. The average molecular weight is 212 g/mol. The molecule has 1 N–H and O–H groups in total. The number of nitrogens with zero attached hydrogens (tertiary/aromatic N) is 1. The first-order chi connectivity index (χ1) is 7.03. The lowest BCUT2D eigenvalue weighted by molar-refractivity contribution is -0.138. The maximum absolute atomic E-state index is 12.4. The lowest BCUT2D eigenvalue weighted by atomic mass is 9.90. The predicted molar refractivity (Wildman–Crippen MR) is 62.8 cm³/mol. The molecular weight excluding hydrogens is 188 g/mol. The molecule has 1 aliphatic rings. The summed E-state index contributed by atoms with van der Waals surface area (Å²) in [5, 5.41) is 3.42. The number of amides is 1. The predicted octanol–water partition coefficient (Wildman–Crippen LogP) is 1.78. The minimum Gasteiger partial charge on any atom is -0.342 e.